The Morgan fingerprint density at radius 1 is 1.03 bits per heavy atom. The minimum absolute atomic E-state index is 0.196. The van der Waals surface area contributed by atoms with Crippen molar-refractivity contribution >= 4 is 11.8 Å². The van der Waals surface area contributed by atoms with Crippen molar-refractivity contribution < 1.29 is 28.5 Å². The summed E-state index contributed by atoms with van der Waals surface area (Å²) >= 11 is 0. The number of hydrogen-bond acceptors (Lipinski definition) is 6. The lowest BCUT2D eigenvalue weighted by molar-refractivity contribution is 0.0922. The number of hydrogen-bond donors (Lipinski definition) is 2. The molecular weight excluding hydrogens is 376 g/mol. The zero-order valence-electron chi connectivity index (χ0n) is 16.4. The number of carbonyl (C=O) groups excluding carboxylic acids is 2. The van der Waals surface area contributed by atoms with Gasteiger partial charge in [0.2, 0.25) is 6.79 Å². The van der Waals surface area contributed by atoms with E-state index >= 15 is 0 Å². The van der Waals surface area contributed by atoms with E-state index in [1.54, 1.807) is 18.2 Å². The summed E-state index contributed by atoms with van der Waals surface area (Å²) in [7, 11) is 1.48. The van der Waals surface area contributed by atoms with Crippen molar-refractivity contribution in [1.29, 1.82) is 0 Å². The monoisotopic (exact) mass is 400 g/mol. The van der Waals surface area contributed by atoms with E-state index in [1.807, 2.05) is 19.1 Å². The first-order valence-corrected chi connectivity index (χ1v) is 9.33. The van der Waals surface area contributed by atoms with Gasteiger partial charge in [-0.05, 0) is 42.8 Å². The molecule has 1 aliphatic rings. The van der Waals surface area contributed by atoms with Gasteiger partial charge in [0.1, 0.15) is 5.75 Å². The molecule has 8 nitrogen and oxygen atoms in total. The van der Waals surface area contributed by atoms with Crippen LogP contribution in [0.15, 0.2) is 36.4 Å². The van der Waals surface area contributed by atoms with Crippen LogP contribution < -0.4 is 24.8 Å². The van der Waals surface area contributed by atoms with Crippen LogP contribution in [0.2, 0.25) is 0 Å². The Kier molecular flexibility index (Phi) is 6.91. The van der Waals surface area contributed by atoms with Crippen LogP contribution in [0.1, 0.15) is 33.2 Å². The standard InChI is InChI=1S/C21H24N2O6/c1-3-27-9-8-22-20(24)15-5-7-17(26-2)16(11-15)21(25)23-12-14-4-6-18-19(10-14)29-13-28-18/h4-7,10-11H,3,8-9,12-13H2,1-2H3,(H,22,24)(H,23,25). The third-order valence-corrected chi connectivity index (χ3v) is 4.33. The van der Waals surface area contributed by atoms with Crippen LogP contribution in [0.4, 0.5) is 0 Å². The van der Waals surface area contributed by atoms with E-state index in [1.165, 1.54) is 13.2 Å². The van der Waals surface area contributed by atoms with Crippen LogP contribution in [0.5, 0.6) is 17.2 Å². The van der Waals surface area contributed by atoms with E-state index in [9.17, 15) is 9.59 Å². The van der Waals surface area contributed by atoms with Crippen LogP contribution in [0.25, 0.3) is 0 Å². The summed E-state index contributed by atoms with van der Waals surface area (Å²) in [5, 5.41) is 5.60. The minimum Gasteiger partial charge on any atom is -0.496 e. The Morgan fingerprint density at radius 2 is 1.86 bits per heavy atom. The number of fused-ring (bicyclic) bond motifs is 1. The average molecular weight is 400 g/mol. The Hall–Kier alpha value is -3.26. The topological polar surface area (TPSA) is 95.1 Å². The molecule has 0 aliphatic carbocycles. The second-order valence-electron chi connectivity index (χ2n) is 6.24. The van der Waals surface area contributed by atoms with Gasteiger partial charge in [-0.25, -0.2) is 0 Å². The largest absolute Gasteiger partial charge is 0.496 e. The number of ether oxygens (including phenoxy) is 4. The number of rotatable bonds is 9. The van der Waals surface area contributed by atoms with Gasteiger partial charge in [0.05, 0.1) is 19.3 Å². The molecule has 0 spiro atoms. The normalized spacial score (nSPS) is 11.8. The maximum atomic E-state index is 12.7. The molecule has 0 bridgehead atoms. The SMILES string of the molecule is CCOCCNC(=O)c1ccc(OC)c(C(=O)NCc2ccc3c(c2)OCO3)c1. The van der Waals surface area contributed by atoms with E-state index < -0.39 is 0 Å². The van der Waals surface area contributed by atoms with Gasteiger partial charge in [-0.15, -0.1) is 0 Å². The second kappa shape index (κ2) is 9.79. The predicted molar refractivity (Wildman–Crippen MR) is 106 cm³/mol. The maximum absolute atomic E-state index is 12.7. The molecular formula is C21H24N2O6. The highest BCUT2D eigenvalue weighted by molar-refractivity contribution is 6.01. The fourth-order valence-electron chi connectivity index (χ4n) is 2.84. The summed E-state index contributed by atoms with van der Waals surface area (Å²) in [5.74, 6) is 1.10. The predicted octanol–water partition coefficient (Wildman–Crippen LogP) is 2.12. The van der Waals surface area contributed by atoms with Gasteiger partial charge in [-0.3, -0.25) is 9.59 Å². The molecule has 0 unspecified atom stereocenters. The molecule has 3 rings (SSSR count). The van der Waals surface area contributed by atoms with Crippen LogP contribution in [0.3, 0.4) is 0 Å². The molecule has 2 N–H and O–H groups in total. The highest BCUT2D eigenvalue weighted by Crippen LogP contribution is 2.32. The zero-order chi connectivity index (χ0) is 20.6. The second-order valence-corrected chi connectivity index (χ2v) is 6.24. The fourth-order valence-corrected chi connectivity index (χ4v) is 2.84. The lowest BCUT2D eigenvalue weighted by Crippen LogP contribution is -2.28. The highest BCUT2D eigenvalue weighted by atomic mass is 16.7. The number of amides is 2. The Labute approximate surface area is 169 Å². The lowest BCUT2D eigenvalue weighted by Gasteiger charge is -2.12. The van der Waals surface area contributed by atoms with Crippen molar-refractivity contribution in [3.8, 4) is 17.2 Å². The van der Waals surface area contributed by atoms with Crippen molar-refractivity contribution in [1.82, 2.24) is 10.6 Å². The zero-order valence-corrected chi connectivity index (χ0v) is 16.4. The maximum Gasteiger partial charge on any atom is 0.255 e. The van der Waals surface area contributed by atoms with Crippen LogP contribution in [-0.4, -0.2) is 45.5 Å². The fraction of sp³-hybridized carbons (Fsp3) is 0.333. The average Bonchev–Trinajstić information content (AvgIpc) is 3.22. The molecule has 0 saturated heterocycles. The van der Waals surface area contributed by atoms with Crippen LogP contribution in [-0.2, 0) is 11.3 Å². The van der Waals surface area contributed by atoms with E-state index in [0.29, 0.717) is 49.1 Å². The number of carbonyl (C=O) groups is 2. The molecule has 0 saturated carbocycles. The van der Waals surface area contributed by atoms with E-state index in [-0.39, 0.29) is 24.2 Å². The van der Waals surface area contributed by atoms with Gasteiger partial charge in [-0.1, -0.05) is 6.07 Å². The van der Waals surface area contributed by atoms with Gasteiger partial charge >= 0.3 is 0 Å². The molecule has 8 heteroatoms. The first-order valence-electron chi connectivity index (χ1n) is 9.33. The lowest BCUT2D eigenvalue weighted by atomic mass is 10.1. The summed E-state index contributed by atoms with van der Waals surface area (Å²) in [6.07, 6.45) is 0. The van der Waals surface area contributed by atoms with Crippen molar-refractivity contribution in [3.63, 3.8) is 0 Å². The number of benzene rings is 2. The molecule has 1 heterocycles. The molecule has 0 aromatic heterocycles. The first kappa shape index (κ1) is 20.5. The Balaban J connectivity index is 1.66. The summed E-state index contributed by atoms with van der Waals surface area (Å²) in [4.78, 5) is 25.0. The first-order chi connectivity index (χ1) is 14.1. The quantitative estimate of drug-likeness (QED) is 0.626. The summed E-state index contributed by atoms with van der Waals surface area (Å²) < 4.78 is 21.1. The third-order valence-electron chi connectivity index (χ3n) is 4.33. The molecule has 0 atom stereocenters. The van der Waals surface area contributed by atoms with Crippen molar-refractivity contribution in [2.45, 2.75) is 13.5 Å². The molecule has 154 valence electrons. The van der Waals surface area contributed by atoms with Gasteiger partial charge in [0.15, 0.2) is 11.5 Å². The minimum atomic E-state index is -0.344. The van der Waals surface area contributed by atoms with E-state index in [4.69, 9.17) is 18.9 Å². The molecule has 1 aliphatic heterocycles. The summed E-state index contributed by atoms with van der Waals surface area (Å²) in [6.45, 7) is 3.79. The molecule has 0 radical (unpaired) electrons. The van der Waals surface area contributed by atoms with Gasteiger partial charge in [-0.2, -0.15) is 0 Å². The van der Waals surface area contributed by atoms with Crippen molar-refractivity contribution in [3.05, 3.63) is 53.1 Å². The Morgan fingerprint density at radius 3 is 2.66 bits per heavy atom. The van der Waals surface area contributed by atoms with Crippen LogP contribution >= 0.6 is 0 Å². The number of methoxy groups -OCH3 is 1. The molecule has 2 aromatic carbocycles. The van der Waals surface area contributed by atoms with Gasteiger partial charge in [0.25, 0.3) is 11.8 Å². The summed E-state index contributed by atoms with van der Waals surface area (Å²) in [6, 6.07) is 10.2. The van der Waals surface area contributed by atoms with Gasteiger partial charge < -0.3 is 29.6 Å². The van der Waals surface area contributed by atoms with Gasteiger partial charge in [0, 0.05) is 25.3 Å². The smallest absolute Gasteiger partial charge is 0.255 e. The third kappa shape index (κ3) is 5.17. The highest BCUT2D eigenvalue weighted by Gasteiger charge is 2.17. The van der Waals surface area contributed by atoms with Crippen molar-refractivity contribution in [2.24, 2.45) is 0 Å². The molecule has 0 fully saturated rings. The molecule has 29 heavy (non-hydrogen) atoms. The van der Waals surface area contributed by atoms with Crippen LogP contribution in [0, 0.1) is 0 Å². The Bertz CT molecular complexity index is 883. The number of nitrogens with one attached hydrogen (secondary N) is 2. The van der Waals surface area contributed by atoms with E-state index in [0.717, 1.165) is 5.56 Å². The van der Waals surface area contributed by atoms with Crippen molar-refractivity contribution in [2.75, 3.05) is 33.7 Å². The molecule has 2 amide bonds. The van der Waals surface area contributed by atoms with E-state index in [2.05, 4.69) is 10.6 Å². The summed E-state index contributed by atoms with van der Waals surface area (Å²) in [5.41, 5.74) is 1.52. The molecule has 2 aromatic rings.